The molecule has 1 fully saturated rings. The lowest BCUT2D eigenvalue weighted by molar-refractivity contribution is -0.140. The number of rotatable bonds is 7. The predicted molar refractivity (Wildman–Crippen MR) is 119 cm³/mol. The van der Waals surface area contributed by atoms with E-state index in [4.69, 9.17) is 14.9 Å². The number of halogens is 3. The van der Waals surface area contributed by atoms with E-state index >= 15 is 0 Å². The van der Waals surface area contributed by atoms with E-state index in [1.165, 1.54) is 19.2 Å². The summed E-state index contributed by atoms with van der Waals surface area (Å²) in [7, 11) is 3.15. The smallest absolute Gasteiger partial charge is 0.433 e. The minimum absolute atomic E-state index is 0.00130. The van der Waals surface area contributed by atoms with E-state index in [-0.39, 0.29) is 47.1 Å². The third-order valence-corrected chi connectivity index (χ3v) is 5.95. The van der Waals surface area contributed by atoms with Crippen molar-refractivity contribution >= 4 is 16.8 Å². The zero-order valence-corrected chi connectivity index (χ0v) is 18.6. The number of ether oxygens (including phenoxy) is 1. The van der Waals surface area contributed by atoms with Crippen molar-refractivity contribution in [1.29, 1.82) is 0 Å². The van der Waals surface area contributed by atoms with Gasteiger partial charge < -0.3 is 25.5 Å². The average Bonchev–Trinajstić information content (AvgIpc) is 3.23. The van der Waals surface area contributed by atoms with Gasteiger partial charge in [-0.15, -0.1) is 0 Å². The molecule has 8 nitrogen and oxygen atoms in total. The fraction of sp³-hybridized carbons (Fsp3) is 0.348. The first kappa shape index (κ1) is 23.6. The zero-order chi connectivity index (χ0) is 24.6. The first-order chi connectivity index (χ1) is 16.2. The zero-order valence-electron chi connectivity index (χ0n) is 18.6. The van der Waals surface area contributed by atoms with E-state index in [1.807, 2.05) is 0 Å². The van der Waals surface area contributed by atoms with Gasteiger partial charge in [-0.1, -0.05) is 6.58 Å². The van der Waals surface area contributed by atoms with Gasteiger partial charge in [0.1, 0.15) is 17.0 Å². The van der Waals surface area contributed by atoms with Gasteiger partial charge in [-0.25, -0.2) is 9.97 Å². The molecule has 1 aromatic carbocycles. The molecule has 2 aromatic heterocycles. The van der Waals surface area contributed by atoms with Gasteiger partial charge in [-0.2, -0.15) is 13.2 Å². The summed E-state index contributed by atoms with van der Waals surface area (Å²) in [4.78, 5) is 20.9. The Labute approximate surface area is 193 Å². The second-order valence-corrected chi connectivity index (χ2v) is 8.01. The molecule has 4 rings (SSSR count). The fourth-order valence-electron chi connectivity index (χ4n) is 3.96. The number of aromatic nitrogens is 2. The Hall–Kier alpha value is -3.60. The van der Waals surface area contributed by atoms with Crippen LogP contribution in [0.15, 0.2) is 41.0 Å². The Bertz CT molecular complexity index is 1250. The number of hydrogen-bond donors (Lipinski definition) is 3. The minimum Gasteiger partial charge on any atom is -0.494 e. The number of hydrogen-bond acceptors (Lipinski definition) is 7. The molecule has 180 valence electrons. The molecule has 34 heavy (non-hydrogen) atoms. The van der Waals surface area contributed by atoms with Crippen molar-refractivity contribution in [2.75, 3.05) is 14.2 Å². The monoisotopic (exact) mass is 475 g/mol. The van der Waals surface area contributed by atoms with E-state index in [1.54, 1.807) is 13.1 Å². The van der Waals surface area contributed by atoms with Gasteiger partial charge in [0.05, 0.1) is 13.7 Å². The molecule has 0 bridgehead atoms. The van der Waals surface area contributed by atoms with Crippen LogP contribution in [0.3, 0.4) is 0 Å². The Balaban J connectivity index is 1.66. The number of benzene rings is 1. The third kappa shape index (κ3) is 4.30. The van der Waals surface area contributed by atoms with Crippen molar-refractivity contribution in [2.24, 2.45) is 11.7 Å². The van der Waals surface area contributed by atoms with Gasteiger partial charge in [0.15, 0.2) is 11.5 Å². The standard InChI is InChI=1S/C23H24F3N5O3/c1-11(28-2)12-8-13(9-12)29-21(32)20-17(10-27)34-22(31-20)15-4-6-16(33-3)19-14(15)5-7-18(30-19)23(24,25)26/h4-7,12-13,28H,1,8-10,27H2,2-3H3,(H,29,32). The highest BCUT2D eigenvalue weighted by Gasteiger charge is 2.34. The second-order valence-electron chi connectivity index (χ2n) is 8.01. The van der Waals surface area contributed by atoms with Crippen LogP contribution in [-0.2, 0) is 12.7 Å². The molecule has 1 aliphatic rings. The summed E-state index contributed by atoms with van der Waals surface area (Å²) in [6.45, 7) is 3.86. The van der Waals surface area contributed by atoms with Crippen molar-refractivity contribution in [3.63, 3.8) is 0 Å². The number of nitrogens with one attached hydrogen (secondary N) is 2. The van der Waals surface area contributed by atoms with E-state index < -0.39 is 17.8 Å². The number of pyridine rings is 1. The highest BCUT2D eigenvalue weighted by Crippen LogP contribution is 2.37. The average molecular weight is 475 g/mol. The summed E-state index contributed by atoms with van der Waals surface area (Å²) >= 11 is 0. The molecule has 0 spiro atoms. The Kier molecular flexibility index (Phi) is 6.22. The molecule has 1 amide bonds. The molecule has 4 N–H and O–H groups in total. The predicted octanol–water partition coefficient (Wildman–Crippen LogP) is 3.62. The molecule has 2 heterocycles. The number of alkyl halides is 3. The van der Waals surface area contributed by atoms with Crippen LogP contribution in [0.2, 0.25) is 0 Å². The summed E-state index contributed by atoms with van der Waals surface area (Å²) in [6, 6.07) is 5.18. The van der Waals surface area contributed by atoms with Crippen LogP contribution >= 0.6 is 0 Å². The van der Waals surface area contributed by atoms with E-state index in [0.29, 0.717) is 10.9 Å². The highest BCUT2D eigenvalue weighted by molar-refractivity contribution is 5.98. The summed E-state index contributed by atoms with van der Waals surface area (Å²) in [5.41, 5.74) is 6.04. The van der Waals surface area contributed by atoms with Gasteiger partial charge in [0.25, 0.3) is 5.91 Å². The summed E-state index contributed by atoms with van der Waals surface area (Å²) < 4.78 is 50.5. The lowest BCUT2D eigenvalue weighted by Gasteiger charge is -2.36. The van der Waals surface area contributed by atoms with E-state index in [9.17, 15) is 18.0 Å². The van der Waals surface area contributed by atoms with Crippen molar-refractivity contribution in [2.45, 2.75) is 31.6 Å². The normalized spacial score (nSPS) is 17.8. The number of nitrogens with zero attached hydrogens (tertiary/aromatic N) is 2. The molecular weight excluding hydrogens is 451 g/mol. The molecular formula is C23H24F3N5O3. The van der Waals surface area contributed by atoms with Gasteiger partial charge >= 0.3 is 6.18 Å². The maximum atomic E-state index is 13.2. The van der Waals surface area contributed by atoms with Crippen LogP contribution in [0.1, 0.15) is 34.8 Å². The van der Waals surface area contributed by atoms with Crippen LogP contribution in [-0.4, -0.2) is 36.1 Å². The summed E-state index contributed by atoms with van der Waals surface area (Å²) in [5.74, 6) is 0.249. The number of nitrogens with two attached hydrogens (primary N) is 1. The number of amides is 1. The third-order valence-electron chi connectivity index (χ3n) is 5.95. The maximum absolute atomic E-state index is 13.2. The molecule has 1 saturated carbocycles. The molecule has 0 radical (unpaired) electrons. The number of methoxy groups -OCH3 is 1. The Morgan fingerprint density at radius 3 is 2.62 bits per heavy atom. The second kappa shape index (κ2) is 8.98. The Morgan fingerprint density at radius 2 is 2.00 bits per heavy atom. The summed E-state index contributed by atoms with van der Waals surface area (Å²) in [5, 5.41) is 6.27. The molecule has 3 aromatic rings. The number of allylic oxidation sites excluding steroid dienone is 1. The van der Waals surface area contributed by atoms with Crippen molar-refractivity contribution in [3.8, 4) is 17.2 Å². The fourth-order valence-corrected chi connectivity index (χ4v) is 3.96. The minimum atomic E-state index is -4.61. The van der Waals surface area contributed by atoms with Gasteiger partial charge in [-0.05, 0) is 37.1 Å². The highest BCUT2D eigenvalue weighted by atomic mass is 19.4. The first-order valence-corrected chi connectivity index (χ1v) is 10.6. The molecule has 11 heteroatoms. The van der Waals surface area contributed by atoms with Crippen LogP contribution in [0.25, 0.3) is 22.4 Å². The largest absolute Gasteiger partial charge is 0.494 e. The summed E-state index contributed by atoms with van der Waals surface area (Å²) in [6.07, 6.45) is -3.11. The number of fused-ring (bicyclic) bond motifs is 1. The van der Waals surface area contributed by atoms with Gasteiger partial charge in [0.2, 0.25) is 5.89 Å². The van der Waals surface area contributed by atoms with E-state index in [0.717, 1.165) is 24.6 Å². The quantitative estimate of drug-likeness (QED) is 0.478. The van der Waals surface area contributed by atoms with Crippen LogP contribution in [0, 0.1) is 5.92 Å². The molecule has 0 atom stereocenters. The molecule has 0 saturated heterocycles. The Morgan fingerprint density at radius 1 is 1.26 bits per heavy atom. The number of carbonyl (C=O) groups excluding carboxylic acids is 1. The number of carbonyl (C=O) groups is 1. The van der Waals surface area contributed by atoms with Crippen molar-refractivity contribution in [3.05, 3.63) is 53.7 Å². The van der Waals surface area contributed by atoms with Crippen LogP contribution in [0.4, 0.5) is 13.2 Å². The molecule has 0 aliphatic heterocycles. The topological polar surface area (TPSA) is 115 Å². The molecule has 0 unspecified atom stereocenters. The SMILES string of the molecule is C=C(NC)C1CC(NC(=O)c2nc(-c3ccc(OC)c4nc(C(F)(F)F)ccc34)oc2CN)C1. The van der Waals surface area contributed by atoms with Crippen LogP contribution in [0.5, 0.6) is 5.75 Å². The van der Waals surface area contributed by atoms with Gasteiger partial charge in [0, 0.05) is 35.7 Å². The van der Waals surface area contributed by atoms with E-state index in [2.05, 4.69) is 27.2 Å². The van der Waals surface area contributed by atoms with Crippen molar-refractivity contribution in [1.82, 2.24) is 20.6 Å². The van der Waals surface area contributed by atoms with Crippen molar-refractivity contribution < 1.29 is 27.1 Å². The first-order valence-electron chi connectivity index (χ1n) is 10.6. The lowest BCUT2D eigenvalue weighted by Crippen LogP contribution is -2.46. The lowest BCUT2D eigenvalue weighted by atomic mass is 9.78. The molecule has 1 aliphatic carbocycles. The maximum Gasteiger partial charge on any atom is 0.433 e. The number of oxazole rings is 1. The van der Waals surface area contributed by atoms with Crippen LogP contribution < -0.4 is 21.1 Å². The van der Waals surface area contributed by atoms with Gasteiger partial charge in [-0.3, -0.25) is 4.79 Å².